The molecule has 1 aromatic carbocycles. The van der Waals surface area contributed by atoms with Crippen LogP contribution in [0.3, 0.4) is 0 Å². The largest absolute Gasteiger partial charge is 0.468 e. The van der Waals surface area contributed by atoms with E-state index in [0.29, 0.717) is 5.02 Å². The molecule has 16 heavy (non-hydrogen) atoms. The number of carbonyl (C=O) groups excluding carboxylic acids is 2. The van der Waals surface area contributed by atoms with Gasteiger partial charge >= 0.3 is 5.97 Å². The van der Waals surface area contributed by atoms with Crippen molar-refractivity contribution in [3.8, 4) is 0 Å². The van der Waals surface area contributed by atoms with Crippen molar-refractivity contribution in [3.05, 3.63) is 33.8 Å². The molecule has 86 valence electrons. The van der Waals surface area contributed by atoms with E-state index in [1.165, 1.54) is 26.2 Å². The van der Waals surface area contributed by atoms with E-state index < -0.39 is 11.9 Å². The van der Waals surface area contributed by atoms with Gasteiger partial charge in [-0.3, -0.25) is 9.59 Å². The Labute approximate surface area is 103 Å². The summed E-state index contributed by atoms with van der Waals surface area (Å²) in [6, 6.07) is 4.50. The van der Waals surface area contributed by atoms with Crippen molar-refractivity contribution >= 4 is 35.0 Å². The van der Waals surface area contributed by atoms with Crippen LogP contribution >= 0.6 is 23.2 Å². The van der Waals surface area contributed by atoms with Gasteiger partial charge in [0, 0.05) is 10.6 Å². The number of hydrogen-bond acceptors (Lipinski definition) is 3. The fraction of sp³-hybridized carbons (Fsp3) is 0.273. The molecule has 1 unspecified atom stereocenters. The Morgan fingerprint density at radius 1 is 1.31 bits per heavy atom. The average molecular weight is 261 g/mol. The van der Waals surface area contributed by atoms with Crippen molar-refractivity contribution in [1.82, 2.24) is 0 Å². The maximum absolute atomic E-state index is 11.8. The minimum Gasteiger partial charge on any atom is -0.468 e. The lowest BCUT2D eigenvalue weighted by Gasteiger charge is -2.09. The van der Waals surface area contributed by atoms with Crippen LogP contribution < -0.4 is 0 Å². The molecule has 0 aliphatic carbocycles. The Balaban J connectivity index is 3.01. The predicted octanol–water partition coefficient (Wildman–Crippen LogP) is 2.99. The molecule has 1 aromatic rings. The standard InChI is InChI=1S/C11H10Cl2O3/c1-6(11(15)16-2)10(14)8-4-3-7(12)5-9(8)13/h3-6H,1-2H3. The molecule has 0 radical (unpaired) electrons. The van der Waals surface area contributed by atoms with Gasteiger partial charge in [-0.25, -0.2) is 0 Å². The number of rotatable bonds is 3. The fourth-order valence-corrected chi connectivity index (χ4v) is 1.71. The minimum atomic E-state index is -0.872. The van der Waals surface area contributed by atoms with E-state index in [-0.39, 0.29) is 16.4 Å². The molecule has 0 heterocycles. The van der Waals surface area contributed by atoms with Gasteiger partial charge in [-0.1, -0.05) is 23.2 Å². The summed E-state index contributed by atoms with van der Waals surface area (Å²) >= 11 is 11.6. The number of Topliss-reactive ketones (excluding diaryl/α,β-unsaturated/α-hetero) is 1. The number of halogens is 2. The zero-order chi connectivity index (χ0) is 12.3. The number of ketones is 1. The molecule has 0 amide bonds. The molecule has 0 saturated heterocycles. The topological polar surface area (TPSA) is 43.4 Å². The smallest absolute Gasteiger partial charge is 0.316 e. The Morgan fingerprint density at radius 2 is 1.94 bits per heavy atom. The van der Waals surface area contributed by atoms with Crippen molar-refractivity contribution < 1.29 is 14.3 Å². The highest BCUT2D eigenvalue weighted by Gasteiger charge is 2.25. The number of carbonyl (C=O) groups is 2. The zero-order valence-electron chi connectivity index (χ0n) is 8.79. The van der Waals surface area contributed by atoms with E-state index in [9.17, 15) is 9.59 Å². The lowest BCUT2D eigenvalue weighted by molar-refractivity contribution is -0.143. The van der Waals surface area contributed by atoms with E-state index in [1.54, 1.807) is 6.07 Å². The Kier molecular flexibility index (Phi) is 4.33. The van der Waals surface area contributed by atoms with Crippen molar-refractivity contribution in [2.24, 2.45) is 5.92 Å². The van der Waals surface area contributed by atoms with Crippen LogP contribution in [-0.2, 0) is 9.53 Å². The van der Waals surface area contributed by atoms with Gasteiger partial charge in [0.25, 0.3) is 0 Å². The molecule has 3 nitrogen and oxygen atoms in total. The molecule has 0 aliphatic rings. The van der Waals surface area contributed by atoms with Gasteiger partial charge in [-0.15, -0.1) is 0 Å². The van der Waals surface area contributed by atoms with Crippen LogP contribution in [0.15, 0.2) is 18.2 Å². The Bertz CT molecular complexity index is 429. The Morgan fingerprint density at radius 3 is 2.44 bits per heavy atom. The molecule has 1 rings (SSSR count). The maximum atomic E-state index is 11.8. The van der Waals surface area contributed by atoms with Crippen molar-refractivity contribution in [3.63, 3.8) is 0 Å². The second-order valence-electron chi connectivity index (χ2n) is 3.23. The summed E-state index contributed by atoms with van der Waals surface area (Å²) in [4.78, 5) is 23.0. The lowest BCUT2D eigenvalue weighted by Crippen LogP contribution is -2.22. The fourth-order valence-electron chi connectivity index (χ4n) is 1.21. The monoisotopic (exact) mass is 260 g/mol. The number of esters is 1. The van der Waals surface area contributed by atoms with Gasteiger partial charge in [0.05, 0.1) is 12.1 Å². The number of benzene rings is 1. The van der Waals surface area contributed by atoms with Crippen LogP contribution in [0.4, 0.5) is 0 Å². The third-order valence-corrected chi connectivity index (χ3v) is 2.69. The zero-order valence-corrected chi connectivity index (χ0v) is 10.3. The van der Waals surface area contributed by atoms with Gasteiger partial charge in [-0.2, -0.15) is 0 Å². The molecule has 0 bridgehead atoms. The maximum Gasteiger partial charge on any atom is 0.316 e. The van der Waals surface area contributed by atoms with Gasteiger partial charge in [0.15, 0.2) is 5.78 Å². The highest BCUT2D eigenvalue weighted by molar-refractivity contribution is 6.37. The van der Waals surface area contributed by atoms with Gasteiger partial charge in [0.1, 0.15) is 5.92 Å². The molecule has 0 spiro atoms. The molecule has 0 fully saturated rings. The predicted molar refractivity (Wildman–Crippen MR) is 62.0 cm³/mol. The third-order valence-electron chi connectivity index (χ3n) is 2.14. The van der Waals surface area contributed by atoms with E-state index in [4.69, 9.17) is 23.2 Å². The molecule has 0 N–H and O–H groups in total. The SMILES string of the molecule is COC(=O)C(C)C(=O)c1ccc(Cl)cc1Cl. The van der Waals surface area contributed by atoms with Gasteiger partial charge in [0.2, 0.25) is 0 Å². The summed E-state index contributed by atoms with van der Waals surface area (Å²) in [6.45, 7) is 1.47. The molecule has 0 aromatic heterocycles. The van der Waals surface area contributed by atoms with E-state index in [2.05, 4.69) is 4.74 Å². The molecular formula is C11H10Cl2O3. The van der Waals surface area contributed by atoms with Crippen molar-refractivity contribution in [2.45, 2.75) is 6.92 Å². The third kappa shape index (κ3) is 2.74. The molecule has 5 heteroatoms. The minimum absolute atomic E-state index is 0.230. The first kappa shape index (κ1) is 13.0. The summed E-state index contributed by atoms with van der Waals surface area (Å²) in [6.07, 6.45) is 0. The van der Waals surface area contributed by atoms with E-state index >= 15 is 0 Å². The van der Waals surface area contributed by atoms with Crippen LogP contribution in [0, 0.1) is 5.92 Å². The summed E-state index contributed by atoms with van der Waals surface area (Å²) in [7, 11) is 1.23. The summed E-state index contributed by atoms with van der Waals surface area (Å²) in [5.74, 6) is -1.84. The molecule has 0 aliphatic heterocycles. The molecule has 0 saturated carbocycles. The van der Waals surface area contributed by atoms with Crippen LogP contribution in [0.25, 0.3) is 0 Å². The van der Waals surface area contributed by atoms with Crippen molar-refractivity contribution in [1.29, 1.82) is 0 Å². The molecule has 1 atom stereocenters. The summed E-state index contributed by atoms with van der Waals surface area (Å²) in [5, 5.41) is 0.667. The highest BCUT2D eigenvalue weighted by Crippen LogP contribution is 2.23. The van der Waals surface area contributed by atoms with Gasteiger partial charge in [-0.05, 0) is 25.1 Å². The van der Waals surface area contributed by atoms with Crippen LogP contribution in [-0.4, -0.2) is 18.9 Å². The Hall–Kier alpha value is -1.06. The van der Waals surface area contributed by atoms with Gasteiger partial charge < -0.3 is 4.74 Å². The average Bonchev–Trinajstić information content (AvgIpc) is 2.26. The second-order valence-corrected chi connectivity index (χ2v) is 4.08. The number of methoxy groups -OCH3 is 1. The van der Waals surface area contributed by atoms with E-state index in [0.717, 1.165) is 0 Å². The highest BCUT2D eigenvalue weighted by atomic mass is 35.5. The summed E-state index contributed by atoms with van der Waals surface area (Å²) < 4.78 is 4.49. The van der Waals surface area contributed by atoms with Crippen LogP contribution in [0.1, 0.15) is 17.3 Å². The normalized spacial score (nSPS) is 12.0. The van der Waals surface area contributed by atoms with Crippen LogP contribution in [0.5, 0.6) is 0 Å². The first-order chi connectivity index (χ1) is 7.47. The van der Waals surface area contributed by atoms with Crippen molar-refractivity contribution in [2.75, 3.05) is 7.11 Å². The summed E-state index contributed by atoms with van der Waals surface area (Å²) in [5.41, 5.74) is 0.268. The second kappa shape index (κ2) is 5.32. The first-order valence-corrected chi connectivity index (χ1v) is 5.30. The number of ether oxygens (including phenoxy) is 1. The first-order valence-electron chi connectivity index (χ1n) is 4.54. The van der Waals surface area contributed by atoms with Crippen LogP contribution in [0.2, 0.25) is 10.0 Å². The lowest BCUT2D eigenvalue weighted by atomic mass is 9.99. The van der Waals surface area contributed by atoms with E-state index in [1.807, 2.05) is 0 Å². The quantitative estimate of drug-likeness (QED) is 0.477. The molecular weight excluding hydrogens is 251 g/mol. The number of hydrogen-bond donors (Lipinski definition) is 0.